The highest BCUT2D eigenvalue weighted by Gasteiger charge is 2.17. The number of carbonyl (C=O) groups excluding carboxylic acids is 1. The second kappa shape index (κ2) is 7.22. The van der Waals surface area contributed by atoms with Crippen LogP contribution >= 0.6 is 0 Å². The zero-order valence-corrected chi connectivity index (χ0v) is 13.2. The van der Waals surface area contributed by atoms with Crippen LogP contribution in [0.2, 0.25) is 0 Å². The van der Waals surface area contributed by atoms with Gasteiger partial charge in [-0.15, -0.1) is 0 Å². The summed E-state index contributed by atoms with van der Waals surface area (Å²) in [5, 5.41) is 2.96. The van der Waals surface area contributed by atoms with Crippen LogP contribution in [-0.4, -0.2) is 36.0 Å². The molecule has 0 aliphatic rings. The highest BCUT2D eigenvalue weighted by atomic mass is 19.1. The number of nitrogens with zero attached hydrogens (tertiary/aromatic N) is 2. The molecule has 1 unspecified atom stereocenters. The molecule has 1 heterocycles. The Bertz CT molecular complexity index is 619. The Labute approximate surface area is 130 Å². The van der Waals surface area contributed by atoms with Gasteiger partial charge in [-0.05, 0) is 43.9 Å². The van der Waals surface area contributed by atoms with Crippen LogP contribution in [0.4, 0.5) is 4.39 Å². The fourth-order valence-corrected chi connectivity index (χ4v) is 2.43. The second-order valence-electron chi connectivity index (χ2n) is 5.63. The number of carbonyl (C=O) groups is 1. The van der Waals surface area contributed by atoms with Crippen LogP contribution in [0, 0.1) is 5.82 Å². The number of aryl methyl sites for hydroxylation is 1. The maximum atomic E-state index is 12.9. The lowest BCUT2D eigenvalue weighted by Crippen LogP contribution is -2.36. The van der Waals surface area contributed by atoms with Crippen molar-refractivity contribution in [3.05, 3.63) is 59.7 Å². The number of amides is 1. The number of aromatic nitrogens is 1. The first-order chi connectivity index (χ1) is 10.5. The molecule has 0 radical (unpaired) electrons. The lowest BCUT2D eigenvalue weighted by atomic mass is 10.1. The van der Waals surface area contributed by atoms with Crippen LogP contribution in [0.15, 0.2) is 42.6 Å². The van der Waals surface area contributed by atoms with E-state index in [4.69, 9.17) is 0 Å². The lowest BCUT2D eigenvalue weighted by molar-refractivity contribution is -0.120. The van der Waals surface area contributed by atoms with Gasteiger partial charge in [0.1, 0.15) is 5.82 Å². The topological polar surface area (TPSA) is 37.3 Å². The highest BCUT2D eigenvalue weighted by molar-refractivity contribution is 5.78. The summed E-state index contributed by atoms with van der Waals surface area (Å²) in [6.07, 6.45) is 2.25. The Kier molecular flexibility index (Phi) is 5.33. The summed E-state index contributed by atoms with van der Waals surface area (Å²) < 4.78 is 14.9. The molecule has 0 spiro atoms. The van der Waals surface area contributed by atoms with Gasteiger partial charge < -0.3 is 9.88 Å². The van der Waals surface area contributed by atoms with Crippen LogP contribution in [0.25, 0.3) is 0 Å². The maximum absolute atomic E-state index is 12.9. The van der Waals surface area contributed by atoms with Crippen molar-refractivity contribution in [3.8, 4) is 0 Å². The molecule has 2 rings (SSSR count). The van der Waals surface area contributed by atoms with Gasteiger partial charge in [-0.25, -0.2) is 4.39 Å². The molecule has 118 valence electrons. The molecule has 0 aliphatic carbocycles. The van der Waals surface area contributed by atoms with Crippen molar-refractivity contribution in [3.63, 3.8) is 0 Å². The molecule has 1 amide bonds. The Hall–Kier alpha value is -2.14. The van der Waals surface area contributed by atoms with E-state index in [0.29, 0.717) is 6.54 Å². The Morgan fingerprint density at radius 3 is 2.50 bits per heavy atom. The van der Waals surface area contributed by atoms with E-state index in [2.05, 4.69) is 20.9 Å². The van der Waals surface area contributed by atoms with E-state index >= 15 is 0 Å². The van der Waals surface area contributed by atoms with Crippen molar-refractivity contribution in [2.24, 2.45) is 7.05 Å². The van der Waals surface area contributed by atoms with Gasteiger partial charge in [0.05, 0.1) is 12.5 Å². The Morgan fingerprint density at radius 2 is 1.95 bits per heavy atom. The monoisotopic (exact) mass is 303 g/mol. The fraction of sp³-hybridized carbons (Fsp3) is 0.353. The smallest absolute Gasteiger partial charge is 0.224 e. The summed E-state index contributed by atoms with van der Waals surface area (Å²) in [5.41, 5.74) is 1.95. The van der Waals surface area contributed by atoms with Gasteiger partial charge in [-0.3, -0.25) is 9.69 Å². The van der Waals surface area contributed by atoms with Crippen LogP contribution in [0.3, 0.4) is 0 Å². The van der Waals surface area contributed by atoms with E-state index in [1.165, 1.54) is 12.1 Å². The van der Waals surface area contributed by atoms with Crippen molar-refractivity contribution in [2.75, 3.05) is 20.6 Å². The Balaban J connectivity index is 1.93. The fourth-order valence-electron chi connectivity index (χ4n) is 2.43. The number of nitrogens with one attached hydrogen (secondary N) is 1. The molecule has 1 N–H and O–H groups in total. The van der Waals surface area contributed by atoms with E-state index in [-0.39, 0.29) is 24.2 Å². The van der Waals surface area contributed by atoms with Gasteiger partial charge in [0.2, 0.25) is 5.91 Å². The van der Waals surface area contributed by atoms with Gasteiger partial charge >= 0.3 is 0 Å². The number of hydrogen-bond acceptors (Lipinski definition) is 2. The molecule has 0 bridgehead atoms. The predicted octanol–water partition coefficient (Wildman–Crippen LogP) is 2.13. The molecule has 4 nitrogen and oxygen atoms in total. The SMILES string of the molecule is CN(C)C(CNC(=O)Cc1ccc(F)cc1)c1cccn1C. The minimum Gasteiger partial charge on any atom is -0.354 e. The standard InChI is InChI=1S/C17H22FN3O/c1-20(2)16(15-5-4-10-21(15)3)12-19-17(22)11-13-6-8-14(18)9-7-13/h4-10,16H,11-12H2,1-3H3,(H,19,22). The van der Waals surface area contributed by atoms with Crippen LogP contribution < -0.4 is 5.32 Å². The minimum absolute atomic E-state index is 0.0623. The molecular formula is C17H22FN3O. The zero-order chi connectivity index (χ0) is 16.1. The van der Waals surface area contributed by atoms with E-state index in [1.807, 2.05) is 33.4 Å². The van der Waals surface area contributed by atoms with Crippen LogP contribution in [-0.2, 0) is 18.3 Å². The molecule has 1 aromatic carbocycles. The Morgan fingerprint density at radius 1 is 1.27 bits per heavy atom. The van der Waals surface area contributed by atoms with Crippen LogP contribution in [0.5, 0.6) is 0 Å². The average Bonchev–Trinajstić information content (AvgIpc) is 2.88. The highest BCUT2D eigenvalue weighted by Crippen LogP contribution is 2.17. The maximum Gasteiger partial charge on any atom is 0.224 e. The first kappa shape index (κ1) is 16.2. The molecule has 0 aliphatic heterocycles. The lowest BCUT2D eigenvalue weighted by Gasteiger charge is -2.25. The summed E-state index contributed by atoms with van der Waals surface area (Å²) in [5.74, 6) is -0.354. The number of halogens is 1. The van der Waals surface area contributed by atoms with E-state index in [9.17, 15) is 9.18 Å². The molecule has 0 saturated carbocycles. The van der Waals surface area contributed by atoms with Gasteiger partial charge in [0.25, 0.3) is 0 Å². The van der Waals surface area contributed by atoms with Gasteiger partial charge in [0.15, 0.2) is 0 Å². The number of hydrogen-bond donors (Lipinski definition) is 1. The molecule has 22 heavy (non-hydrogen) atoms. The minimum atomic E-state index is -0.291. The van der Waals surface area contributed by atoms with Gasteiger partial charge in [-0.1, -0.05) is 12.1 Å². The number of benzene rings is 1. The number of rotatable bonds is 6. The molecular weight excluding hydrogens is 281 g/mol. The van der Waals surface area contributed by atoms with Crippen molar-refractivity contribution < 1.29 is 9.18 Å². The zero-order valence-electron chi connectivity index (χ0n) is 13.2. The molecule has 1 atom stereocenters. The largest absolute Gasteiger partial charge is 0.354 e. The first-order valence-electron chi connectivity index (χ1n) is 7.26. The summed E-state index contributed by atoms with van der Waals surface area (Å²) in [7, 11) is 5.97. The quantitative estimate of drug-likeness (QED) is 0.887. The van der Waals surface area contributed by atoms with E-state index in [1.54, 1.807) is 12.1 Å². The summed E-state index contributed by atoms with van der Waals surface area (Å²) in [4.78, 5) is 14.1. The first-order valence-corrected chi connectivity index (χ1v) is 7.26. The molecule has 5 heteroatoms. The summed E-state index contributed by atoms with van der Waals surface area (Å²) >= 11 is 0. The van der Waals surface area contributed by atoms with Gasteiger partial charge in [0, 0.05) is 25.5 Å². The van der Waals surface area contributed by atoms with Crippen molar-refractivity contribution >= 4 is 5.91 Å². The molecule has 2 aromatic rings. The molecule has 0 saturated heterocycles. The average molecular weight is 303 g/mol. The summed E-state index contributed by atoms with van der Waals surface area (Å²) in [6, 6.07) is 10.2. The third-order valence-electron chi connectivity index (χ3n) is 3.72. The molecule has 0 fully saturated rings. The van der Waals surface area contributed by atoms with Crippen molar-refractivity contribution in [1.29, 1.82) is 0 Å². The third kappa shape index (κ3) is 4.18. The van der Waals surface area contributed by atoms with Gasteiger partial charge in [-0.2, -0.15) is 0 Å². The van der Waals surface area contributed by atoms with Crippen LogP contribution in [0.1, 0.15) is 17.3 Å². The predicted molar refractivity (Wildman–Crippen MR) is 85.0 cm³/mol. The normalized spacial score (nSPS) is 12.4. The molecule has 1 aromatic heterocycles. The third-order valence-corrected chi connectivity index (χ3v) is 3.72. The second-order valence-corrected chi connectivity index (χ2v) is 5.63. The van der Waals surface area contributed by atoms with E-state index in [0.717, 1.165) is 11.3 Å². The van der Waals surface area contributed by atoms with Crippen molar-refractivity contribution in [2.45, 2.75) is 12.5 Å². The van der Waals surface area contributed by atoms with E-state index < -0.39 is 0 Å². The van der Waals surface area contributed by atoms with Crippen molar-refractivity contribution in [1.82, 2.24) is 14.8 Å². The summed E-state index contributed by atoms with van der Waals surface area (Å²) in [6.45, 7) is 0.533. The number of likely N-dealkylation sites (N-methyl/N-ethyl adjacent to an activating group) is 1.